The third kappa shape index (κ3) is 2.06. The Kier molecular flexibility index (Phi) is 2.52. The van der Waals surface area contributed by atoms with Gasteiger partial charge in [0.2, 0.25) is 0 Å². The third-order valence-electron chi connectivity index (χ3n) is 2.88. The fraction of sp³-hybridized carbons (Fsp3) is 0.0714. The molecule has 0 aliphatic heterocycles. The Balaban J connectivity index is 2.06. The van der Waals surface area contributed by atoms with Crippen molar-refractivity contribution in [2.45, 2.75) is 6.92 Å². The number of carboxylic acid groups (broad SMARTS) is 1. The number of carbonyl (C=O) groups is 1. The van der Waals surface area contributed by atoms with Crippen molar-refractivity contribution in [2.24, 2.45) is 0 Å². The van der Waals surface area contributed by atoms with E-state index in [-0.39, 0.29) is 5.56 Å². The number of aromatic carboxylic acids is 1. The average Bonchev–Trinajstić information content (AvgIpc) is 2.81. The molecule has 0 saturated carbocycles. The van der Waals surface area contributed by atoms with E-state index in [4.69, 9.17) is 5.11 Å². The number of carboxylic acids is 1. The monoisotopic (exact) mass is 253 g/mol. The Morgan fingerprint density at radius 3 is 2.68 bits per heavy atom. The van der Waals surface area contributed by atoms with Gasteiger partial charge in [0.25, 0.3) is 0 Å². The second-order valence-electron chi connectivity index (χ2n) is 4.35. The molecule has 0 saturated heterocycles. The van der Waals surface area contributed by atoms with Gasteiger partial charge in [-0.25, -0.2) is 14.8 Å². The van der Waals surface area contributed by atoms with E-state index >= 15 is 0 Å². The van der Waals surface area contributed by atoms with Crippen molar-refractivity contribution in [1.82, 2.24) is 15.0 Å². The highest BCUT2D eigenvalue weighted by Gasteiger charge is 2.08. The number of pyridine rings is 1. The van der Waals surface area contributed by atoms with Gasteiger partial charge < -0.3 is 10.1 Å². The lowest BCUT2D eigenvalue weighted by Gasteiger charge is -1.97. The maximum atomic E-state index is 10.8. The zero-order valence-corrected chi connectivity index (χ0v) is 10.2. The summed E-state index contributed by atoms with van der Waals surface area (Å²) in [5, 5.41) is 8.86. The van der Waals surface area contributed by atoms with Gasteiger partial charge in [-0.05, 0) is 30.7 Å². The first-order valence-corrected chi connectivity index (χ1v) is 5.79. The van der Waals surface area contributed by atoms with Crippen LogP contribution in [-0.4, -0.2) is 26.0 Å². The van der Waals surface area contributed by atoms with E-state index in [1.165, 1.54) is 0 Å². The van der Waals surface area contributed by atoms with Crippen molar-refractivity contribution in [3.05, 3.63) is 47.7 Å². The molecule has 2 N–H and O–H groups in total. The summed E-state index contributed by atoms with van der Waals surface area (Å²) in [6.45, 7) is 1.97. The number of fused-ring (bicyclic) bond motifs is 1. The summed E-state index contributed by atoms with van der Waals surface area (Å²) in [4.78, 5) is 22.6. The number of imidazole rings is 1. The summed E-state index contributed by atoms with van der Waals surface area (Å²) in [6, 6.07) is 8.56. The van der Waals surface area contributed by atoms with Crippen LogP contribution in [0.2, 0.25) is 0 Å². The fourth-order valence-electron chi connectivity index (χ4n) is 1.91. The topological polar surface area (TPSA) is 78.9 Å². The minimum atomic E-state index is -0.937. The molecule has 94 valence electrons. The molecule has 3 rings (SSSR count). The van der Waals surface area contributed by atoms with Crippen molar-refractivity contribution < 1.29 is 9.90 Å². The highest BCUT2D eigenvalue weighted by molar-refractivity contribution is 5.88. The largest absolute Gasteiger partial charge is 0.478 e. The van der Waals surface area contributed by atoms with Crippen LogP contribution in [0.1, 0.15) is 15.9 Å². The quantitative estimate of drug-likeness (QED) is 0.735. The lowest BCUT2D eigenvalue weighted by atomic mass is 10.1. The van der Waals surface area contributed by atoms with E-state index in [1.807, 2.05) is 13.0 Å². The van der Waals surface area contributed by atoms with Crippen LogP contribution in [0, 0.1) is 6.92 Å². The molecule has 5 nitrogen and oxygen atoms in total. The number of aromatic amines is 1. The van der Waals surface area contributed by atoms with Crippen LogP contribution < -0.4 is 0 Å². The highest BCUT2D eigenvalue weighted by atomic mass is 16.4. The van der Waals surface area contributed by atoms with E-state index in [0.29, 0.717) is 11.5 Å². The van der Waals surface area contributed by atoms with E-state index in [1.54, 1.807) is 30.5 Å². The molecule has 0 atom stereocenters. The minimum absolute atomic E-state index is 0.258. The standard InChI is InChI=1S/C14H11N3O2/c1-8-6-11-13(15-7-8)17-12(16-11)9-2-4-10(5-3-9)14(18)19/h2-7H,1H3,(H,18,19)(H,15,16,17). The number of hydrogen-bond donors (Lipinski definition) is 2. The smallest absolute Gasteiger partial charge is 0.335 e. The van der Waals surface area contributed by atoms with Gasteiger partial charge in [-0.3, -0.25) is 0 Å². The Morgan fingerprint density at radius 1 is 1.26 bits per heavy atom. The zero-order valence-electron chi connectivity index (χ0n) is 10.2. The van der Waals surface area contributed by atoms with Crippen molar-refractivity contribution in [3.63, 3.8) is 0 Å². The predicted octanol–water partition coefficient (Wildman–Crippen LogP) is 2.63. The molecule has 5 heteroatoms. The van der Waals surface area contributed by atoms with Gasteiger partial charge in [0, 0.05) is 11.8 Å². The van der Waals surface area contributed by atoms with Crippen LogP contribution in [0.4, 0.5) is 0 Å². The molecular weight excluding hydrogens is 242 g/mol. The second-order valence-corrected chi connectivity index (χ2v) is 4.35. The number of benzene rings is 1. The minimum Gasteiger partial charge on any atom is -0.478 e. The molecule has 0 amide bonds. The molecule has 0 radical (unpaired) electrons. The first-order valence-electron chi connectivity index (χ1n) is 5.79. The maximum absolute atomic E-state index is 10.8. The van der Waals surface area contributed by atoms with Crippen molar-refractivity contribution in [3.8, 4) is 11.4 Å². The van der Waals surface area contributed by atoms with E-state index in [9.17, 15) is 4.79 Å². The summed E-state index contributed by atoms with van der Waals surface area (Å²) >= 11 is 0. The normalized spacial score (nSPS) is 10.8. The van der Waals surface area contributed by atoms with Gasteiger partial charge in [0.15, 0.2) is 5.65 Å². The molecular formula is C14H11N3O2. The van der Waals surface area contributed by atoms with Gasteiger partial charge in [-0.15, -0.1) is 0 Å². The molecule has 0 unspecified atom stereocenters. The number of aromatic nitrogens is 3. The Morgan fingerprint density at radius 2 is 2.00 bits per heavy atom. The number of nitrogens with one attached hydrogen (secondary N) is 1. The van der Waals surface area contributed by atoms with Crippen molar-refractivity contribution >= 4 is 17.1 Å². The fourth-order valence-corrected chi connectivity index (χ4v) is 1.91. The van der Waals surface area contributed by atoms with Crippen LogP contribution in [0.5, 0.6) is 0 Å². The lowest BCUT2D eigenvalue weighted by Crippen LogP contribution is -1.95. The SMILES string of the molecule is Cc1cnc2nc(-c3ccc(C(=O)O)cc3)[nH]c2c1. The van der Waals surface area contributed by atoms with Gasteiger partial charge in [0.1, 0.15) is 5.82 Å². The molecule has 2 heterocycles. The number of aryl methyl sites for hydroxylation is 1. The Hall–Kier alpha value is -2.69. The van der Waals surface area contributed by atoms with Crippen molar-refractivity contribution in [2.75, 3.05) is 0 Å². The highest BCUT2D eigenvalue weighted by Crippen LogP contribution is 2.20. The molecule has 2 aromatic heterocycles. The second kappa shape index (κ2) is 4.20. The van der Waals surface area contributed by atoms with Gasteiger partial charge in [0.05, 0.1) is 11.1 Å². The summed E-state index contributed by atoms with van der Waals surface area (Å²) in [7, 11) is 0. The lowest BCUT2D eigenvalue weighted by molar-refractivity contribution is 0.0697. The van der Waals surface area contributed by atoms with E-state index in [0.717, 1.165) is 16.6 Å². The summed E-state index contributed by atoms with van der Waals surface area (Å²) in [6.07, 6.45) is 1.76. The summed E-state index contributed by atoms with van der Waals surface area (Å²) in [5.41, 5.74) is 3.68. The van der Waals surface area contributed by atoms with Crippen LogP contribution in [0.25, 0.3) is 22.6 Å². The maximum Gasteiger partial charge on any atom is 0.335 e. The zero-order chi connectivity index (χ0) is 13.4. The number of H-pyrrole nitrogens is 1. The van der Waals surface area contributed by atoms with Crippen LogP contribution >= 0.6 is 0 Å². The molecule has 0 spiro atoms. The molecule has 1 aromatic carbocycles. The Labute approximate surface area is 109 Å². The first-order chi connectivity index (χ1) is 9.13. The molecule has 0 aliphatic carbocycles. The van der Waals surface area contributed by atoms with E-state index < -0.39 is 5.97 Å². The van der Waals surface area contributed by atoms with Gasteiger partial charge in [-0.2, -0.15) is 0 Å². The molecule has 19 heavy (non-hydrogen) atoms. The summed E-state index contributed by atoms with van der Waals surface area (Å²) < 4.78 is 0. The number of rotatable bonds is 2. The van der Waals surface area contributed by atoms with Crippen LogP contribution in [0.3, 0.4) is 0 Å². The average molecular weight is 253 g/mol. The van der Waals surface area contributed by atoms with Crippen LogP contribution in [0.15, 0.2) is 36.5 Å². The first kappa shape index (κ1) is 11.4. The predicted molar refractivity (Wildman–Crippen MR) is 71.0 cm³/mol. The number of hydrogen-bond acceptors (Lipinski definition) is 3. The molecule has 0 fully saturated rings. The third-order valence-corrected chi connectivity index (χ3v) is 2.88. The summed E-state index contributed by atoms with van der Waals surface area (Å²) in [5.74, 6) is -0.251. The van der Waals surface area contributed by atoms with Gasteiger partial charge >= 0.3 is 5.97 Å². The Bertz CT molecular complexity index is 760. The molecule has 3 aromatic rings. The van der Waals surface area contributed by atoms with E-state index in [2.05, 4.69) is 15.0 Å². The van der Waals surface area contributed by atoms with Crippen molar-refractivity contribution in [1.29, 1.82) is 0 Å². The molecule has 0 aliphatic rings. The van der Waals surface area contributed by atoms with Crippen LogP contribution in [-0.2, 0) is 0 Å². The number of nitrogens with zero attached hydrogens (tertiary/aromatic N) is 2. The van der Waals surface area contributed by atoms with Gasteiger partial charge in [-0.1, -0.05) is 12.1 Å². The molecule has 0 bridgehead atoms.